The molecule has 1 aromatic heterocycles. The molecular weight excluding hydrogens is 252 g/mol. The van der Waals surface area contributed by atoms with Gasteiger partial charge >= 0.3 is 0 Å². The molecule has 1 aromatic carbocycles. The Kier molecular flexibility index (Phi) is 3.52. The van der Waals surface area contributed by atoms with E-state index in [0.29, 0.717) is 5.69 Å². The molecule has 0 bridgehead atoms. The van der Waals surface area contributed by atoms with Crippen molar-refractivity contribution in [2.45, 2.75) is 18.9 Å². The average molecular weight is 270 g/mol. The largest absolute Gasteiger partial charge is 0.337 e. The fourth-order valence-corrected chi connectivity index (χ4v) is 2.51. The van der Waals surface area contributed by atoms with Crippen LogP contribution in [0.15, 0.2) is 42.9 Å². The molecule has 1 aliphatic rings. The van der Waals surface area contributed by atoms with Crippen LogP contribution >= 0.6 is 0 Å². The molecule has 0 unspecified atom stereocenters. The molecule has 0 radical (unpaired) electrons. The lowest BCUT2D eigenvalue weighted by Gasteiger charge is -2.30. The number of nitrogens with zero attached hydrogens (tertiary/aromatic N) is 3. The third-order valence-electron chi connectivity index (χ3n) is 3.72. The molecule has 1 aliphatic heterocycles. The average Bonchev–Trinajstić information content (AvgIpc) is 2.97. The molecule has 2 N–H and O–H groups in total. The number of piperidine rings is 1. The first-order valence-electron chi connectivity index (χ1n) is 6.88. The zero-order valence-electron chi connectivity index (χ0n) is 11.3. The van der Waals surface area contributed by atoms with E-state index in [1.165, 1.54) is 0 Å². The Bertz CT molecular complexity index is 585. The minimum absolute atomic E-state index is 0.0262. The van der Waals surface area contributed by atoms with Crippen LogP contribution in [-0.2, 0) is 0 Å². The SMILES string of the molecule is NC1CCN(C(=O)c2cncn2-c2ccccc2)CC1. The smallest absolute Gasteiger partial charge is 0.272 e. The zero-order valence-corrected chi connectivity index (χ0v) is 11.3. The lowest BCUT2D eigenvalue weighted by atomic mass is 10.1. The summed E-state index contributed by atoms with van der Waals surface area (Å²) >= 11 is 0. The van der Waals surface area contributed by atoms with Crippen molar-refractivity contribution in [2.24, 2.45) is 5.73 Å². The van der Waals surface area contributed by atoms with Gasteiger partial charge in [-0.05, 0) is 25.0 Å². The van der Waals surface area contributed by atoms with Gasteiger partial charge < -0.3 is 10.6 Å². The van der Waals surface area contributed by atoms with Crippen LogP contribution in [0.1, 0.15) is 23.3 Å². The first kappa shape index (κ1) is 12.9. The van der Waals surface area contributed by atoms with Gasteiger partial charge in [0.15, 0.2) is 0 Å². The van der Waals surface area contributed by atoms with E-state index >= 15 is 0 Å². The number of hydrogen-bond donors (Lipinski definition) is 1. The predicted molar refractivity (Wildman–Crippen MR) is 76.7 cm³/mol. The second-order valence-electron chi connectivity index (χ2n) is 5.11. The van der Waals surface area contributed by atoms with Crippen molar-refractivity contribution in [3.63, 3.8) is 0 Å². The molecule has 5 nitrogen and oxygen atoms in total. The van der Waals surface area contributed by atoms with E-state index in [1.54, 1.807) is 12.5 Å². The fourth-order valence-electron chi connectivity index (χ4n) is 2.51. The van der Waals surface area contributed by atoms with Crippen molar-refractivity contribution >= 4 is 5.91 Å². The third-order valence-corrected chi connectivity index (χ3v) is 3.72. The number of amides is 1. The van der Waals surface area contributed by atoms with Gasteiger partial charge in [-0.1, -0.05) is 18.2 Å². The number of rotatable bonds is 2. The Morgan fingerprint density at radius 1 is 1.20 bits per heavy atom. The number of benzene rings is 1. The summed E-state index contributed by atoms with van der Waals surface area (Å²) in [6.45, 7) is 1.44. The molecular formula is C15H18N4O. The van der Waals surface area contributed by atoms with Gasteiger partial charge in [0.25, 0.3) is 5.91 Å². The Morgan fingerprint density at radius 3 is 2.60 bits per heavy atom. The van der Waals surface area contributed by atoms with Gasteiger partial charge in [-0.2, -0.15) is 0 Å². The van der Waals surface area contributed by atoms with Crippen LogP contribution in [0.2, 0.25) is 0 Å². The molecule has 0 spiro atoms. The molecule has 1 saturated heterocycles. The van der Waals surface area contributed by atoms with Gasteiger partial charge in [0.2, 0.25) is 0 Å². The van der Waals surface area contributed by atoms with Crippen LogP contribution < -0.4 is 5.73 Å². The van der Waals surface area contributed by atoms with E-state index in [1.807, 2.05) is 39.8 Å². The summed E-state index contributed by atoms with van der Waals surface area (Å²) in [5.74, 6) is 0.0262. The minimum atomic E-state index is 0.0262. The highest BCUT2D eigenvalue weighted by molar-refractivity contribution is 5.93. The molecule has 2 heterocycles. The summed E-state index contributed by atoms with van der Waals surface area (Å²) in [6.07, 6.45) is 5.04. The van der Waals surface area contributed by atoms with E-state index in [-0.39, 0.29) is 11.9 Å². The fraction of sp³-hybridized carbons (Fsp3) is 0.333. The van der Waals surface area contributed by atoms with Gasteiger partial charge in [0, 0.05) is 24.8 Å². The van der Waals surface area contributed by atoms with Gasteiger partial charge in [0.05, 0.1) is 12.5 Å². The Balaban J connectivity index is 1.85. The number of imidazole rings is 1. The van der Waals surface area contributed by atoms with Crippen LogP contribution in [0.4, 0.5) is 0 Å². The molecule has 0 saturated carbocycles. The highest BCUT2D eigenvalue weighted by Gasteiger charge is 2.24. The van der Waals surface area contributed by atoms with E-state index in [0.717, 1.165) is 31.6 Å². The summed E-state index contributed by atoms with van der Waals surface area (Å²) in [5.41, 5.74) is 7.43. The first-order chi connectivity index (χ1) is 9.75. The maximum absolute atomic E-state index is 12.6. The molecule has 5 heteroatoms. The monoisotopic (exact) mass is 270 g/mol. The van der Waals surface area contributed by atoms with Crippen molar-refractivity contribution < 1.29 is 4.79 Å². The number of para-hydroxylation sites is 1. The Hall–Kier alpha value is -2.14. The number of nitrogens with two attached hydrogens (primary N) is 1. The molecule has 0 atom stereocenters. The normalized spacial score (nSPS) is 16.4. The second-order valence-corrected chi connectivity index (χ2v) is 5.11. The minimum Gasteiger partial charge on any atom is -0.337 e. The third kappa shape index (κ3) is 2.44. The van der Waals surface area contributed by atoms with Crippen molar-refractivity contribution in [3.05, 3.63) is 48.5 Å². The van der Waals surface area contributed by atoms with Crippen LogP contribution in [-0.4, -0.2) is 39.5 Å². The van der Waals surface area contributed by atoms with Crippen LogP contribution in [0.5, 0.6) is 0 Å². The lowest BCUT2D eigenvalue weighted by Crippen LogP contribution is -2.43. The molecule has 1 amide bonds. The molecule has 3 rings (SSSR count). The lowest BCUT2D eigenvalue weighted by molar-refractivity contribution is 0.0706. The molecule has 20 heavy (non-hydrogen) atoms. The summed E-state index contributed by atoms with van der Waals surface area (Å²) in [4.78, 5) is 18.6. The van der Waals surface area contributed by atoms with Crippen molar-refractivity contribution in [1.82, 2.24) is 14.5 Å². The maximum Gasteiger partial charge on any atom is 0.272 e. The highest BCUT2D eigenvalue weighted by atomic mass is 16.2. The standard InChI is InChI=1S/C15H18N4O/c16-12-6-8-18(9-7-12)15(20)14-10-17-11-19(14)13-4-2-1-3-5-13/h1-5,10-12H,6-9,16H2. The van der Waals surface area contributed by atoms with Gasteiger partial charge in [0.1, 0.15) is 5.69 Å². The number of aromatic nitrogens is 2. The number of hydrogen-bond acceptors (Lipinski definition) is 3. The zero-order chi connectivity index (χ0) is 13.9. The summed E-state index contributed by atoms with van der Waals surface area (Å²) < 4.78 is 1.83. The van der Waals surface area contributed by atoms with Crippen LogP contribution in [0, 0.1) is 0 Å². The summed E-state index contributed by atoms with van der Waals surface area (Å²) in [7, 11) is 0. The van der Waals surface area contributed by atoms with E-state index in [2.05, 4.69) is 4.98 Å². The van der Waals surface area contributed by atoms with Gasteiger partial charge in [-0.15, -0.1) is 0 Å². The first-order valence-corrected chi connectivity index (χ1v) is 6.88. The molecule has 1 fully saturated rings. The van der Waals surface area contributed by atoms with E-state index < -0.39 is 0 Å². The van der Waals surface area contributed by atoms with Crippen molar-refractivity contribution in [2.75, 3.05) is 13.1 Å². The van der Waals surface area contributed by atoms with Crippen LogP contribution in [0.25, 0.3) is 5.69 Å². The van der Waals surface area contributed by atoms with E-state index in [4.69, 9.17) is 5.73 Å². The predicted octanol–water partition coefficient (Wildman–Crippen LogP) is 1.44. The van der Waals surface area contributed by atoms with Crippen molar-refractivity contribution in [3.8, 4) is 5.69 Å². The highest BCUT2D eigenvalue weighted by Crippen LogP contribution is 2.16. The quantitative estimate of drug-likeness (QED) is 0.898. The summed E-state index contributed by atoms with van der Waals surface area (Å²) in [6, 6.07) is 9.99. The number of carbonyl (C=O) groups is 1. The van der Waals surface area contributed by atoms with Gasteiger partial charge in [-0.25, -0.2) is 4.98 Å². The Labute approximate surface area is 118 Å². The molecule has 104 valence electrons. The van der Waals surface area contributed by atoms with E-state index in [9.17, 15) is 4.79 Å². The molecule has 2 aromatic rings. The number of carbonyl (C=O) groups excluding carboxylic acids is 1. The second kappa shape index (κ2) is 5.46. The Morgan fingerprint density at radius 2 is 1.90 bits per heavy atom. The van der Waals surface area contributed by atoms with Crippen molar-refractivity contribution in [1.29, 1.82) is 0 Å². The maximum atomic E-state index is 12.6. The number of likely N-dealkylation sites (tertiary alicyclic amines) is 1. The topological polar surface area (TPSA) is 64.2 Å². The van der Waals surface area contributed by atoms with Gasteiger partial charge in [-0.3, -0.25) is 9.36 Å². The molecule has 0 aliphatic carbocycles. The summed E-state index contributed by atoms with van der Waals surface area (Å²) in [5, 5.41) is 0. The van der Waals surface area contributed by atoms with Crippen LogP contribution in [0.3, 0.4) is 0 Å².